The summed E-state index contributed by atoms with van der Waals surface area (Å²) < 4.78 is 17.4. The van der Waals surface area contributed by atoms with Gasteiger partial charge in [-0.1, -0.05) is 20.3 Å². The maximum absolute atomic E-state index is 13.6. The number of amides is 1. The third-order valence-electron chi connectivity index (χ3n) is 6.66. The average molecular weight is 495 g/mol. The van der Waals surface area contributed by atoms with Gasteiger partial charge in [-0.2, -0.15) is 0 Å². The molecule has 1 aromatic heterocycles. The van der Waals surface area contributed by atoms with E-state index in [0.717, 1.165) is 25.4 Å². The molecule has 2 aliphatic heterocycles. The van der Waals surface area contributed by atoms with Crippen molar-refractivity contribution in [3.05, 3.63) is 59.2 Å². The Kier molecular flexibility index (Phi) is 7.88. The van der Waals surface area contributed by atoms with Gasteiger partial charge in [-0.15, -0.1) is 0 Å². The molecule has 0 aliphatic carbocycles. The van der Waals surface area contributed by atoms with Crippen LogP contribution in [-0.4, -0.2) is 60.6 Å². The lowest BCUT2D eigenvalue weighted by molar-refractivity contribution is -0.140. The van der Waals surface area contributed by atoms with Gasteiger partial charge in [0, 0.05) is 35.8 Å². The summed E-state index contributed by atoms with van der Waals surface area (Å²) in [5.74, 6) is 1.47. The van der Waals surface area contributed by atoms with Crippen molar-refractivity contribution in [2.45, 2.75) is 65.4 Å². The Morgan fingerprint density at radius 1 is 1.08 bits per heavy atom. The maximum Gasteiger partial charge on any atom is 0.340 e. The second kappa shape index (κ2) is 10.9. The van der Waals surface area contributed by atoms with Crippen molar-refractivity contribution in [1.82, 2.24) is 9.80 Å². The largest absolute Gasteiger partial charge is 0.492 e. The number of nitrogens with zero attached hydrogens (tertiary/aromatic N) is 2. The molecule has 0 unspecified atom stereocenters. The van der Waals surface area contributed by atoms with Gasteiger partial charge in [-0.05, 0) is 77.0 Å². The predicted octanol–water partition coefficient (Wildman–Crippen LogP) is 5.18. The van der Waals surface area contributed by atoms with Gasteiger partial charge < -0.3 is 18.8 Å². The van der Waals surface area contributed by atoms with E-state index in [4.69, 9.17) is 13.9 Å². The number of aryl methyl sites for hydroxylation is 1. The molecule has 0 atom stereocenters. The van der Waals surface area contributed by atoms with Crippen molar-refractivity contribution in [3.63, 3.8) is 0 Å². The molecule has 0 radical (unpaired) electrons. The van der Waals surface area contributed by atoms with Gasteiger partial charge in [0.15, 0.2) is 0 Å². The first-order chi connectivity index (χ1) is 17.1. The summed E-state index contributed by atoms with van der Waals surface area (Å²) in [6.45, 7) is 13.7. The van der Waals surface area contributed by atoms with Gasteiger partial charge in [0.25, 0.3) is 5.91 Å². The molecule has 0 spiro atoms. The van der Waals surface area contributed by atoms with Gasteiger partial charge in [-0.3, -0.25) is 9.69 Å². The molecule has 0 saturated carbocycles. The number of carbonyl (C=O) groups excluding carboxylic acids is 2. The van der Waals surface area contributed by atoms with E-state index >= 15 is 0 Å². The number of piperidine rings is 1. The quantitative estimate of drug-likeness (QED) is 0.494. The standard InChI is InChI=1S/C29H38N2O5/c1-20(2)35-28(33)25-18-31(19-29(4,5)26-24(25)17-21(3)36-26)27(32)22-9-11-23(12-10-22)34-16-15-30-13-7-6-8-14-30/h9-12,17-18,20H,6-8,13-16,19H2,1-5H3. The van der Waals surface area contributed by atoms with Crippen molar-refractivity contribution in [2.24, 2.45) is 0 Å². The van der Waals surface area contributed by atoms with E-state index in [0.29, 0.717) is 41.4 Å². The normalized spacial score (nSPS) is 17.8. The molecule has 0 bridgehead atoms. The number of rotatable bonds is 7. The van der Waals surface area contributed by atoms with E-state index in [9.17, 15) is 9.59 Å². The monoisotopic (exact) mass is 494 g/mol. The van der Waals surface area contributed by atoms with Crippen molar-refractivity contribution in [3.8, 4) is 5.75 Å². The van der Waals surface area contributed by atoms with E-state index in [2.05, 4.69) is 4.90 Å². The highest BCUT2D eigenvalue weighted by Crippen LogP contribution is 2.38. The topological polar surface area (TPSA) is 72.2 Å². The Balaban J connectivity index is 1.51. The molecule has 1 fully saturated rings. The van der Waals surface area contributed by atoms with Crippen LogP contribution >= 0.6 is 0 Å². The highest BCUT2D eigenvalue weighted by atomic mass is 16.5. The zero-order valence-corrected chi connectivity index (χ0v) is 22.1. The van der Waals surface area contributed by atoms with Crippen LogP contribution in [0.5, 0.6) is 5.75 Å². The summed E-state index contributed by atoms with van der Waals surface area (Å²) >= 11 is 0. The third kappa shape index (κ3) is 6.01. The third-order valence-corrected chi connectivity index (χ3v) is 6.66. The van der Waals surface area contributed by atoms with E-state index in [1.165, 1.54) is 19.3 Å². The molecule has 4 rings (SSSR count). The minimum atomic E-state index is -0.507. The number of ether oxygens (including phenoxy) is 2. The van der Waals surface area contributed by atoms with Gasteiger partial charge in [0.1, 0.15) is 23.9 Å². The SMILES string of the molecule is Cc1cc2c(o1)C(C)(C)CN(C(=O)c1ccc(OCCN3CCCCC3)cc1)C=C2C(=O)OC(C)C. The second-order valence-corrected chi connectivity index (χ2v) is 10.7. The molecule has 7 nitrogen and oxygen atoms in total. The minimum absolute atomic E-state index is 0.195. The molecule has 3 heterocycles. The van der Waals surface area contributed by atoms with Crippen LogP contribution < -0.4 is 4.74 Å². The highest BCUT2D eigenvalue weighted by Gasteiger charge is 2.38. The van der Waals surface area contributed by atoms with Crippen LogP contribution in [0, 0.1) is 6.92 Å². The van der Waals surface area contributed by atoms with Crippen LogP contribution in [0.3, 0.4) is 0 Å². The van der Waals surface area contributed by atoms with E-state index in [-0.39, 0.29) is 12.0 Å². The zero-order valence-electron chi connectivity index (χ0n) is 22.1. The van der Waals surface area contributed by atoms with E-state index in [1.807, 2.05) is 39.0 Å². The number of furan rings is 1. The van der Waals surface area contributed by atoms with Gasteiger partial charge in [-0.25, -0.2) is 4.79 Å². The fourth-order valence-corrected chi connectivity index (χ4v) is 4.89. The lowest BCUT2D eigenvalue weighted by Gasteiger charge is -2.28. The lowest BCUT2D eigenvalue weighted by atomic mass is 9.87. The molecule has 0 N–H and O–H groups in total. The highest BCUT2D eigenvalue weighted by molar-refractivity contribution is 6.17. The first-order valence-electron chi connectivity index (χ1n) is 12.9. The fraction of sp³-hybridized carbons (Fsp3) is 0.517. The summed E-state index contributed by atoms with van der Waals surface area (Å²) in [6.07, 6.45) is 5.17. The van der Waals surface area contributed by atoms with Gasteiger partial charge >= 0.3 is 5.97 Å². The Morgan fingerprint density at radius 3 is 2.44 bits per heavy atom. The number of carbonyl (C=O) groups is 2. The Bertz CT molecular complexity index is 1110. The fourth-order valence-electron chi connectivity index (χ4n) is 4.89. The van der Waals surface area contributed by atoms with E-state index in [1.54, 1.807) is 37.1 Å². The minimum Gasteiger partial charge on any atom is -0.492 e. The van der Waals surface area contributed by atoms with Crippen molar-refractivity contribution in [1.29, 1.82) is 0 Å². The molecule has 1 saturated heterocycles. The van der Waals surface area contributed by atoms with E-state index < -0.39 is 11.4 Å². The second-order valence-electron chi connectivity index (χ2n) is 10.7. The molecule has 36 heavy (non-hydrogen) atoms. The van der Waals surface area contributed by atoms with Crippen LogP contribution in [-0.2, 0) is 14.9 Å². The lowest BCUT2D eigenvalue weighted by Crippen LogP contribution is -2.36. The van der Waals surface area contributed by atoms with Gasteiger partial charge in [0.2, 0.25) is 0 Å². The Hall–Kier alpha value is -3.06. The summed E-state index contributed by atoms with van der Waals surface area (Å²) in [4.78, 5) is 30.6. The molecule has 1 amide bonds. The maximum atomic E-state index is 13.6. The van der Waals surface area contributed by atoms with Crippen molar-refractivity contribution >= 4 is 17.4 Å². The molecule has 1 aromatic carbocycles. The summed E-state index contributed by atoms with van der Waals surface area (Å²) in [5, 5.41) is 0. The smallest absolute Gasteiger partial charge is 0.340 e. The first-order valence-corrected chi connectivity index (χ1v) is 12.9. The summed E-state index contributed by atoms with van der Waals surface area (Å²) in [5.41, 5.74) is 1.02. The van der Waals surface area contributed by atoms with Crippen LogP contribution in [0.4, 0.5) is 0 Å². The Labute approximate surface area is 214 Å². The number of likely N-dealkylation sites (tertiary alicyclic amines) is 1. The average Bonchev–Trinajstić information content (AvgIpc) is 3.19. The number of hydrogen-bond donors (Lipinski definition) is 0. The zero-order chi connectivity index (χ0) is 25.9. The number of benzene rings is 1. The van der Waals surface area contributed by atoms with Crippen LogP contribution in [0.25, 0.3) is 5.57 Å². The molecule has 194 valence electrons. The Morgan fingerprint density at radius 2 is 1.78 bits per heavy atom. The van der Waals surface area contributed by atoms with Crippen LogP contribution in [0.15, 0.2) is 40.9 Å². The van der Waals surface area contributed by atoms with Crippen LogP contribution in [0.1, 0.15) is 74.4 Å². The number of hydrogen-bond acceptors (Lipinski definition) is 6. The van der Waals surface area contributed by atoms with Crippen LogP contribution in [0.2, 0.25) is 0 Å². The summed E-state index contributed by atoms with van der Waals surface area (Å²) in [7, 11) is 0. The van der Waals surface area contributed by atoms with Crippen molar-refractivity contribution < 1.29 is 23.5 Å². The molecular weight excluding hydrogens is 456 g/mol. The molecule has 7 heteroatoms. The number of fused-ring (bicyclic) bond motifs is 1. The van der Waals surface area contributed by atoms with Gasteiger partial charge in [0.05, 0.1) is 11.7 Å². The molecule has 2 aliphatic rings. The summed E-state index contributed by atoms with van der Waals surface area (Å²) in [6, 6.07) is 9.06. The van der Waals surface area contributed by atoms with Crippen molar-refractivity contribution in [2.75, 3.05) is 32.8 Å². The molecular formula is C29H38N2O5. The first kappa shape index (κ1) is 26.0. The predicted molar refractivity (Wildman–Crippen MR) is 139 cm³/mol. The number of esters is 1. The molecule has 2 aromatic rings.